The summed E-state index contributed by atoms with van der Waals surface area (Å²) in [4.78, 5) is 0. The monoisotopic (exact) mass is 275 g/mol. The van der Waals surface area contributed by atoms with Crippen LogP contribution in [0.2, 0.25) is 0 Å². The lowest BCUT2D eigenvalue weighted by Crippen LogP contribution is -2.34. The topological polar surface area (TPSA) is 21.3 Å². The minimum Gasteiger partial charge on any atom is -0.497 e. The molecule has 0 heterocycles. The average molecular weight is 275 g/mol. The Hall–Kier alpha value is -1.02. The summed E-state index contributed by atoms with van der Waals surface area (Å²) < 4.78 is 5.39. The van der Waals surface area contributed by atoms with Gasteiger partial charge in [-0.1, -0.05) is 39.3 Å². The van der Waals surface area contributed by atoms with Crippen LogP contribution >= 0.6 is 0 Å². The second kappa shape index (κ2) is 7.12. The van der Waals surface area contributed by atoms with E-state index in [1.54, 1.807) is 7.11 Å². The first-order valence-electron chi connectivity index (χ1n) is 7.97. The van der Waals surface area contributed by atoms with Crippen LogP contribution in [-0.4, -0.2) is 19.7 Å². The van der Waals surface area contributed by atoms with Crippen molar-refractivity contribution in [2.75, 3.05) is 13.7 Å². The Balaban J connectivity index is 2.13. The van der Waals surface area contributed by atoms with E-state index >= 15 is 0 Å². The van der Waals surface area contributed by atoms with E-state index in [4.69, 9.17) is 4.74 Å². The van der Waals surface area contributed by atoms with Crippen LogP contribution in [0.4, 0.5) is 0 Å². The SMILES string of the molecule is COc1cccc(C2CC(C)CCC2CNC(C)C)c1. The fraction of sp³-hybridized carbons (Fsp3) is 0.667. The van der Waals surface area contributed by atoms with Gasteiger partial charge in [0.15, 0.2) is 0 Å². The van der Waals surface area contributed by atoms with E-state index in [2.05, 4.69) is 44.3 Å². The summed E-state index contributed by atoms with van der Waals surface area (Å²) in [6, 6.07) is 9.23. The Morgan fingerprint density at radius 2 is 2.10 bits per heavy atom. The molecule has 2 nitrogen and oxygen atoms in total. The molecule has 0 spiro atoms. The van der Waals surface area contributed by atoms with Crippen molar-refractivity contribution >= 4 is 0 Å². The lowest BCUT2D eigenvalue weighted by molar-refractivity contribution is 0.237. The highest BCUT2D eigenvalue weighted by Gasteiger charge is 2.29. The van der Waals surface area contributed by atoms with E-state index in [0.29, 0.717) is 12.0 Å². The molecule has 0 bridgehead atoms. The molecule has 112 valence electrons. The van der Waals surface area contributed by atoms with Crippen LogP contribution in [0, 0.1) is 11.8 Å². The summed E-state index contributed by atoms with van der Waals surface area (Å²) >= 11 is 0. The number of hydrogen-bond donors (Lipinski definition) is 1. The van der Waals surface area contributed by atoms with Crippen LogP contribution in [-0.2, 0) is 0 Å². The van der Waals surface area contributed by atoms with E-state index in [9.17, 15) is 0 Å². The molecule has 1 aromatic rings. The van der Waals surface area contributed by atoms with Gasteiger partial charge in [0.05, 0.1) is 7.11 Å². The van der Waals surface area contributed by atoms with E-state index in [1.807, 2.05) is 6.07 Å². The van der Waals surface area contributed by atoms with E-state index in [-0.39, 0.29) is 0 Å². The molecule has 1 aliphatic carbocycles. The summed E-state index contributed by atoms with van der Waals surface area (Å²) in [6.45, 7) is 7.98. The van der Waals surface area contributed by atoms with Crippen LogP contribution < -0.4 is 10.1 Å². The highest BCUT2D eigenvalue weighted by Crippen LogP contribution is 2.41. The van der Waals surface area contributed by atoms with Crippen molar-refractivity contribution in [3.8, 4) is 5.75 Å². The molecule has 0 saturated heterocycles. The Bertz CT molecular complexity index is 416. The van der Waals surface area contributed by atoms with Crippen molar-refractivity contribution in [3.63, 3.8) is 0 Å². The zero-order chi connectivity index (χ0) is 14.5. The molecule has 1 N–H and O–H groups in total. The molecule has 1 fully saturated rings. The van der Waals surface area contributed by atoms with Crippen molar-refractivity contribution in [3.05, 3.63) is 29.8 Å². The standard InChI is InChI=1S/C18H29NO/c1-13(2)19-12-16-9-8-14(3)10-18(16)15-6-5-7-17(11-15)20-4/h5-7,11,13-14,16,18-19H,8-10,12H2,1-4H3. The van der Waals surface area contributed by atoms with Crippen LogP contribution in [0.5, 0.6) is 5.75 Å². The molecule has 0 aromatic heterocycles. The Kier molecular flexibility index (Phi) is 5.47. The van der Waals surface area contributed by atoms with Gasteiger partial charge in [0, 0.05) is 6.04 Å². The van der Waals surface area contributed by atoms with Gasteiger partial charge in [-0.3, -0.25) is 0 Å². The van der Waals surface area contributed by atoms with Crippen LogP contribution in [0.1, 0.15) is 51.5 Å². The molecule has 2 rings (SSSR count). The van der Waals surface area contributed by atoms with Gasteiger partial charge in [0.1, 0.15) is 5.75 Å². The highest BCUT2D eigenvalue weighted by atomic mass is 16.5. The van der Waals surface area contributed by atoms with Gasteiger partial charge in [0.25, 0.3) is 0 Å². The van der Waals surface area contributed by atoms with E-state index < -0.39 is 0 Å². The molecule has 1 aliphatic rings. The zero-order valence-electron chi connectivity index (χ0n) is 13.4. The van der Waals surface area contributed by atoms with Gasteiger partial charge in [-0.2, -0.15) is 0 Å². The highest BCUT2D eigenvalue weighted by molar-refractivity contribution is 5.31. The quantitative estimate of drug-likeness (QED) is 0.869. The van der Waals surface area contributed by atoms with Crippen molar-refractivity contribution in [1.82, 2.24) is 5.32 Å². The third-order valence-electron chi connectivity index (χ3n) is 4.57. The first-order valence-corrected chi connectivity index (χ1v) is 7.97. The van der Waals surface area contributed by atoms with Gasteiger partial charge in [-0.15, -0.1) is 0 Å². The summed E-state index contributed by atoms with van der Waals surface area (Å²) in [5.41, 5.74) is 1.45. The fourth-order valence-corrected chi connectivity index (χ4v) is 3.36. The zero-order valence-corrected chi connectivity index (χ0v) is 13.4. The third kappa shape index (κ3) is 3.99. The van der Waals surface area contributed by atoms with Gasteiger partial charge >= 0.3 is 0 Å². The van der Waals surface area contributed by atoms with Crippen molar-refractivity contribution < 1.29 is 4.74 Å². The van der Waals surface area contributed by atoms with Crippen molar-refractivity contribution in [2.45, 2.75) is 52.0 Å². The molecule has 0 amide bonds. The number of methoxy groups -OCH3 is 1. The number of ether oxygens (including phenoxy) is 1. The molecule has 1 aromatic carbocycles. The normalized spacial score (nSPS) is 26.8. The molecule has 20 heavy (non-hydrogen) atoms. The number of benzene rings is 1. The summed E-state index contributed by atoms with van der Waals surface area (Å²) in [7, 11) is 1.75. The molecule has 0 radical (unpaired) electrons. The molecular weight excluding hydrogens is 246 g/mol. The van der Waals surface area contributed by atoms with Gasteiger partial charge in [-0.05, 0) is 54.8 Å². The first-order chi connectivity index (χ1) is 9.60. The Morgan fingerprint density at radius 1 is 1.30 bits per heavy atom. The predicted octanol–water partition coefficient (Wildman–Crippen LogP) is 4.21. The number of rotatable bonds is 5. The minimum absolute atomic E-state index is 0.570. The van der Waals surface area contributed by atoms with Crippen LogP contribution in [0.3, 0.4) is 0 Å². The lowest BCUT2D eigenvalue weighted by Gasteiger charge is -2.36. The maximum Gasteiger partial charge on any atom is 0.119 e. The Labute approximate surface area is 123 Å². The maximum absolute atomic E-state index is 5.39. The van der Waals surface area contributed by atoms with Gasteiger partial charge in [0.2, 0.25) is 0 Å². The van der Waals surface area contributed by atoms with Crippen molar-refractivity contribution in [1.29, 1.82) is 0 Å². The van der Waals surface area contributed by atoms with E-state index in [0.717, 1.165) is 24.1 Å². The smallest absolute Gasteiger partial charge is 0.119 e. The largest absolute Gasteiger partial charge is 0.497 e. The summed E-state index contributed by atoms with van der Waals surface area (Å²) in [6.07, 6.45) is 4.01. The van der Waals surface area contributed by atoms with Gasteiger partial charge in [-0.25, -0.2) is 0 Å². The minimum atomic E-state index is 0.570. The van der Waals surface area contributed by atoms with Gasteiger partial charge < -0.3 is 10.1 Å². The van der Waals surface area contributed by atoms with Crippen molar-refractivity contribution in [2.24, 2.45) is 11.8 Å². The maximum atomic E-state index is 5.39. The summed E-state index contributed by atoms with van der Waals surface area (Å²) in [5.74, 6) is 3.23. The Morgan fingerprint density at radius 3 is 2.80 bits per heavy atom. The number of nitrogens with one attached hydrogen (secondary N) is 1. The predicted molar refractivity (Wildman–Crippen MR) is 85.4 cm³/mol. The second-order valence-corrected chi connectivity index (χ2v) is 6.62. The van der Waals surface area contributed by atoms with E-state index in [1.165, 1.54) is 24.8 Å². The number of hydrogen-bond acceptors (Lipinski definition) is 2. The molecular formula is C18H29NO. The third-order valence-corrected chi connectivity index (χ3v) is 4.57. The van der Waals surface area contributed by atoms with Crippen LogP contribution in [0.15, 0.2) is 24.3 Å². The molecule has 0 aliphatic heterocycles. The lowest BCUT2D eigenvalue weighted by atomic mass is 9.71. The molecule has 1 saturated carbocycles. The summed E-state index contributed by atoms with van der Waals surface area (Å²) in [5, 5.41) is 3.63. The fourth-order valence-electron chi connectivity index (χ4n) is 3.36. The van der Waals surface area contributed by atoms with Crippen LogP contribution in [0.25, 0.3) is 0 Å². The molecule has 3 unspecified atom stereocenters. The first kappa shape index (κ1) is 15.4. The second-order valence-electron chi connectivity index (χ2n) is 6.62. The molecule has 2 heteroatoms. The molecule has 3 atom stereocenters. The average Bonchev–Trinajstić information content (AvgIpc) is 2.46.